The molecule has 1 atom stereocenters. The Morgan fingerprint density at radius 3 is 2.75 bits per heavy atom. The zero-order valence-electron chi connectivity index (χ0n) is 11.4. The van der Waals surface area contributed by atoms with Crippen LogP contribution in [0.15, 0.2) is 39.5 Å². The van der Waals surface area contributed by atoms with Gasteiger partial charge in [0.2, 0.25) is 0 Å². The lowest BCUT2D eigenvalue weighted by Gasteiger charge is -2.08. The Hall–Kier alpha value is -2.29. The smallest absolute Gasteiger partial charge is 0.344 e. The Bertz CT molecular complexity index is 905. The van der Waals surface area contributed by atoms with Crippen LogP contribution in [0.4, 0.5) is 0 Å². The molecule has 1 aliphatic rings. The molecule has 3 heteroatoms. The van der Waals surface area contributed by atoms with Crippen molar-refractivity contribution in [3.63, 3.8) is 0 Å². The quantitative estimate of drug-likeness (QED) is 0.582. The summed E-state index contributed by atoms with van der Waals surface area (Å²) >= 11 is 0. The van der Waals surface area contributed by atoms with Gasteiger partial charge in [-0.15, -0.1) is 0 Å². The van der Waals surface area contributed by atoms with Crippen LogP contribution >= 0.6 is 0 Å². The molecule has 0 saturated heterocycles. The molecule has 0 radical (unpaired) electrons. The third-order valence-electron chi connectivity index (χ3n) is 4.08. The first-order valence-electron chi connectivity index (χ1n) is 6.78. The van der Waals surface area contributed by atoms with E-state index in [1.54, 1.807) is 0 Å². The first-order valence-corrected chi connectivity index (χ1v) is 6.78. The predicted octanol–water partition coefficient (Wildman–Crippen LogP) is 3.75. The summed E-state index contributed by atoms with van der Waals surface area (Å²) in [5, 5.41) is 3.50. The van der Waals surface area contributed by atoms with Crippen LogP contribution in [0, 0.1) is 6.92 Å². The molecule has 0 saturated carbocycles. The third kappa shape index (κ3) is 1.38. The lowest BCUT2D eigenvalue weighted by molar-refractivity contribution is 0.339. The Morgan fingerprint density at radius 2 is 1.90 bits per heavy atom. The molecule has 3 nitrogen and oxygen atoms in total. The molecule has 2 heterocycles. The summed E-state index contributed by atoms with van der Waals surface area (Å²) in [7, 11) is 0. The van der Waals surface area contributed by atoms with E-state index in [4.69, 9.17) is 9.15 Å². The molecule has 100 valence electrons. The molecule has 0 aliphatic carbocycles. The topological polar surface area (TPSA) is 39.4 Å². The minimum Gasteiger partial charge on any atom is -0.489 e. The molecular weight excluding hydrogens is 252 g/mol. The molecule has 1 aromatic heterocycles. The second-order valence-corrected chi connectivity index (χ2v) is 5.45. The van der Waals surface area contributed by atoms with Crippen LogP contribution in [0.25, 0.3) is 21.5 Å². The molecule has 20 heavy (non-hydrogen) atoms. The molecule has 1 aliphatic heterocycles. The van der Waals surface area contributed by atoms with Crippen LogP contribution in [-0.2, 0) is 0 Å². The summed E-state index contributed by atoms with van der Waals surface area (Å²) in [5.41, 5.74) is 0.880. The highest BCUT2D eigenvalue weighted by Crippen LogP contribution is 2.40. The number of ether oxygens (including phenoxy) is 1. The van der Waals surface area contributed by atoms with Crippen LogP contribution in [0.5, 0.6) is 5.75 Å². The second kappa shape index (κ2) is 3.85. The maximum absolute atomic E-state index is 12.4. The molecule has 0 bridgehead atoms. The Kier molecular flexibility index (Phi) is 2.22. The SMILES string of the molecule is Cc1cccc2c1ccc1c3c(oc(=O)c12)[C@@H](C)CO3. The summed E-state index contributed by atoms with van der Waals surface area (Å²) in [6.45, 7) is 4.62. The van der Waals surface area contributed by atoms with Gasteiger partial charge >= 0.3 is 5.63 Å². The van der Waals surface area contributed by atoms with Gasteiger partial charge in [0.25, 0.3) is 0 Å². The van der Waals surface area contributed by atoms with E-state index in [9.17, 15) is 4.79 Å². The first kappa shape index (κ1) is 11.5. The van der Waals surface area contributed by atoms with Gasteiger partial charge in [-0.1, -0.05) is 31.2 Å². The van der Waals surface area contributed by atoms with Crippen LogP contribution in [0.2, 0.25) is 0 Å². The van der Waals surface area contributed by atoms with E-state index in [1.165, 1.54) is 0 Å². The van der Waals surface area contributed by atoms with Crippen LogP contribution in [-0.4, -0.2) is 6.61 Å². The van der Waals surface area contributed by atoms with Gasteiger partial charge in [-0.25, -0.2) is 4.79 Å². The van der Waals surface area contributed by atoms with Crippen molar-refractivity contribution in [1.82, 2.24) is 0 Å². The van der Waals surface area contributed by atoms with Gasteiger partial charge in [-0.05, 0) is 29.3 Å². The van der Waals surface area contributed by atoms with Crippen molar-refractivity contribution >= 4 is 21.5 Å². The summed E-state index contributed by atoms with van der Waals surface area (Å²) in [6.07, 6.45) is 0. The van der Waals surface area contributed by atoms with Crippen molar-refractivity contribution in [2.24, 2.45) is 0 Å². The Balaban J connectivity index is 2.26. The molecule has 3 aromatic rings. The van der Waals surface area contributed by atoms with Crippen molar-refractivity contribution in [3.05, 3.63) is 52.1 Å². The molecule has 0 N–H and O–H groups in total. The van der Waals surface area contributed by atoms with Gasteiger partial charge < -0.3 is 9.15 Å². The van der Waals surface area contributed by atoms with Crippen molar-refractivity contribution in [2.75, 3.05) is 6.61 Å². The monoisotopic (exact) mass is 266 g/mol. The van der Waals surface area contributed by atoms with Gasteiger partial charge in [-0.3, -0.25) is 0 Å². The summed E-state index contributed by atoms with van der Waals surface area (Å²) in [5.74, 6) is 1.54. The third-order valence-corrected chi connectivity index (χ3v) is 4.08. The van der Waals surface area contributed by atoms with E-state index in [-0.39, 0.29) is 11.5 Å². The Morgan fingerprint density at radius 1 is 1.10 bits per heavy atom. The van der Waals surface area contributed by atoms with E-state index >= 15 is 0 Å². The largest absolute Gasteiger partial charge is 0.489 e. The average Bonchev–Trinajstić information content (AvgIpc) is 2.80. The van der Waals surface area contributed by atoms with Crippen molar-refractivity contribution in [2.45, 2.75) is 19.8 Å². The lowest BCUT2D eigenvalue weighted by Crippen LogP contribution is -2.03. The van der Waals surface area contributed by atoms with Gasteiger partial charge in [0, 0.05) is 5.39 Å². The molecular formula is C17H14O3. The van der Waals surface area contributed by atoms with Crippen molar-refractivity contribution < 1.29 is 9.15 Å². The Labute approximate surface area is 115 Å². The van der Waals surface area contributed by atoms with E-state index in [2.05, 4.69) is 6.07 Å². The standard InChI is InChI=1S/C17H14O3/c1-9-4-3-5-12-11(9)6-7-13-14(12)17(18)20-15-10(2)8-19-16(13)15/h3-7,10H,8H2,1-2H3/t10-/m0/s1. The van der Waals surface area contributed by atoms with Gasteiger partial charge in [0.15, 0.2) is 11.5 Å². The molecule has 4 rings (SSSR count). The highest BCUT2D eigenvalue weighted by molar-refractivity contribution is 6.09. The number of fused-ring (bicyclic) bond motifs is 5. The first-order chi connectivity index (χ1) is 9.66. The number of benzene rings is 2. The highest BCUT2D eigenvalue weighted by Gasteiger charge is 2.27. The lowest BCUT2D eigenvalue weighted by atomic mass is 9.99. The zero-order valence-corrected chi connectivity index (χ0v) is 11.4. The summed E-state index contributed by atoms with van der Waals surface area (Å²) in [4.78, 5) is 12.4. The minimum absolute atomic E-state index is 0.135. The fourth-order valence-corrected chi connectivity index (χ4v) is 3.01. The predicted molar refractivity (Wildman–Crippen MR) is 78.6 cm³/mol. The van der Waals surface area contributed by atoms with E-state index < -0.39 is 0 Å². The normalized spacial score (nSPS) is 17.4. The zero-order chi connectivity index (χ0) is 13.9. The maximum Gasteiger partial charge on any atom is 0.344 e. The van der Waals surface area contributed by atoms with Crippen LogP contribution in [0.3, 0.4) is 0 Å². The van der Waals surface area contributed by atoms with Crippen molar-refractivity contribution in [3.8, 4) is 5.75 Å². The number of rotatable bonds is 0. The molecule has 2 aromatic carbocycles. The molecule has 0 fully saturated rings. The van der Waals surface area contributed by atoms with Gasteiger partial charge in [-0.2, -0.15) is 0 Å². The summed E-state index contributed by atoms with van der Waals surface area (Å²) < 4.78 is 11.2. The maximum atomic E-state index is 12.4. The highest BCUT2D eigenvalue weighted by atomic mass is 16.5. The molecule has 0 unspecified atom stereocenters. The van der Waals surface area contributed by atoms with Crippen LogP contribution in [0.1, 0.15) is 24.2 Å². The number of hydrogen-bond donors (Lipinski definition) is 0. The van der Waals surface area contributed by atoms with E-state index in [1.807, 2.05) is 38.1 Å². The number of aryl methyl sites for hydroxylation is 1. The van der Waals surface area contributed by atoms with Crippen molar-refractivity contribution in [1.29, 1.82) is 0 Å². The van der Waals surface area contributed by atoms with Crippen LogP contribution < -0.4 is 10.4 Å². The van der Waals surface area contributed by atoms with E-state index in [0.717, 1.165) is 27.5 Å². The second-order valence-electron chi connectivity index (χ2n) is 5.45. The fourth-order valence-electron chi connectivity index (χ4n) is 3.01. The number of hydrogen-bond acceptors (Lipinski definition) is 3. The minimum atomic E-state index is -0.271. The van der Waals surface area contributed by atoms with E-state index in [0.29, 0.717) is 17.8 Å². The molecule has 0 amide bonds. The van der Waals surface area contributed by atoms with Gasteiger partial charge in [0.1, 0.15) is 0 Å². The molecule has 0 spiro atoms. The summed E-state index contributed by atoms with van der Waals surface area (Å²) in [6, 6.07) is 10.00. The van der Waals surface area contributed by atoms with Gasteiger partial charge in [0.05, 0.1) is 17.9 Å². The fraction of sp³-hybridized carbons (Fsp3) is 0.235. The average molecular weight is 266 g/mol.